The second-order valence-electron chi connectivity index (χ2n) is 2.61. The van der Waals surface area contributed by atoms with E-state index in [1.54, 1.807) is 6.92 Å². The van der Waals surface area contributed by atoms with Gasteiger partial charge >= 0.3 is 0 Å². The number of hydrogen-bond donors (Lipinski definition) is 1. The standard InChI is InChI=1S/C9H8F3NO/c1-2-13-9(14)5-3-7(11)8(12)4-6(5)10/h3-4H,2H2,1H3,(H,13,14). The normalized spacial score (nSPS) is 10.0. The number of carbonyl (C=O) groups excluding carboxylic acids is 1. The van der Waals surface area contributed by atoms with Crippen molar-refractivity contribution in [1.82, 2.24) is 5.32 Å². The van der Waals surface area contributed by atoms with Crippen LogP contribution in [0, 0.1) is 17.5 Å². The lowest BCUT2D eigenvalue weighted by Gasteiger charge is -2.03. The molecule has 0 radical (unpaired) electrons. The minimum atomic E-state index is -1.31. The maximum Gasteiger partial charge on any atom is 0.254 e. The molecule has 76 valence electrons. The molecule has 0 aliphatic rings. The Morgan fingerprint density at radius 3 is 2.36 bits per heavy atom. The van der Waals surface area contributed by atoms with Gasteiger partial charge in [-0.1, -0.05) is 0 Å². The van der Waals surface area contributed by atoms with Crippen molar-refractivity contribution in [2.45, 2.75) is 6.92 Å². The van der Waals surface area contributed by atoms with Crippen LogP contribution < -0.4 is 5.32 Å². The predicted octanol–water partition coefficient (Wildman–Crippen LogP) is 1.85. The van der Waals surface area contributed by atoms with Crippen molar-refractivity contribution in [2.24, 2.45) is 0 Å². The fourth-order valence-corrected chi connectivity index (χ4v) is 0.952. The second kappa shape index (κ2) is 4.13. The summed E-state index contributed by atoms with van der Waals surface area (Å²) >= 11 is 0. The number of hydrogen-bond acceptors (Lipinski definition) is 1. The van der Waals surface area contributed by atoms with Gasteiger partial charge in [-0.25, -0.2) is 13.2 Å². The monoisotopic (exact) mass is 203 g/mol. The highest BCUT2D eigenvalue weighted by Crippen LogP contribution is 2.13. The summed E-state index contributed by atoms with van der Waals surface area (Å²) in [7, 11) is 0. The molecule has 0 aliphatic heterocycles. The zero-order chi connectivity index (χ0) is 10.7. The third-order valence-corrected chi connectivity index (χ3v) is 1.59. The number of halogens is 3. The molecule has 0 aromatic heterocycles. The highest BCUT2D eigenvalue weighted by molar-refractivity contribution is 5.94. The first-order valence-electron chi connectivity index (χ1n) is 3.99. The Labute approximate surface area is 78.7 Å². The quantitative estimate of drug-likeness (QED) is 0.730. The van der Waals surface area contributed by atoms with E-state index in [2.05, 4.69) is 5.32 Å². The molecule has 0 aliphatic carbocycles. The molecule has 0 spiro atoms. The Morgan fingerprint density at radius 2 is 1.79 bits per heavy atom. The van der Waals surface area contributed by atoms with Crippen LogP contribution in [0.5, 0.6) is 0 Å². The van der Waals surface area contributed by atoms with Gasteiger partial charge in [0, 0.05) is 12.6 Å². The van der Waals surface area contributed by atoms with Gasteiger partial charge in [0.2, 0.25) is 0 Å². The van der Waals surface area contributed by atoms with Crippen molar-refractivity contribution in [3.05, 3.63) is 35.1 Å². The zero-order valence-electron chi connectivity index (χ0n) is 7.40. The van der Waals surface area contributed by atoms with Crippen LogP contribution in [0.3, 0.4) is 0 Å². The van der Waals surface area contributed by atoms with Gasteiger partial charge in [0.25, 0.3) is 5.91 Å². The van der Waals surface area contributed by atoms with E-state index >= 15 is 0 Å². The van der Waals surface area contributed by atoms with E-state index in [0.29, 0.717) is 12.1 Å². The summed E-state index contributed by atoms with van der Waals surface area (Å²) in [4.78, 5) is 11.1. The Kier molecular flexibility index (Phi) is 3.11. The Balaban J connectivity index is 3.09. The van der Waals surface area contributed by atoms with E-state index in [4.69, 9.17) is 0 Å². The van der Waals surface area contributed by atoms with Gasteiger partial charge in [0.15, 0.2) is 11.6 Å². The van der Waals surface area contributed by atoms with Gasteiger partial charge in [-0.2, -0.15) is 0 Å². The van der Waals surface area contributed by atoms with Crippen molar-refractivity contribution >= 4 is 5.91 Å². The number of nitrogens with one attached hydrogen (secondary N) is 1. The summed E-state index contributed by atoms with van der Waals surface area (Å²) in [6.45, 7) is 1.92. The highest BCUT2D eigenvalue weighted by atomic mass is 19.2. The molecule has 1 amide bonds. The van der Waals surface area contributed by atoms with Crippen LogP contribution in [-0.4, -0.2) is 12.5 Å². The van der Waals surface area contributed by atoms with Crippen molar-refractivity contribution in [2.75, 3.05) is 6.54 Å². The molecular weight excluding hydrogens is 195 g/mol. The van der Waals surface area contributed by atoms with Crippen molar-refractivity contribution in [3.63, 3.8) is 0 Å². The smallest absolute Gasteiger partial charge is 0.254 e. The number of rotatable bonds is 2. The maximum absolute atomic E-state index is 12.9. The average molecular weight is 203 g/mol. The van der Waals surface area contributed by atoms with Crippen LogP contribution >= 0.6 is 0 Å². The van der Waals surface area contributed by atoms with E-state index in [1.165, 1.54) is 0 Å². The largest absolute Gasteiger partial charge is 0.352 e. The van der Waals surface area contributed by atoms with Crippen LogP contribution in [0.1, 0.15) is 17.3 Å². The first kappa shape index (κ1) is 10.6. The van der Waals surface area contributed by atoms with Crippen molar-refractivity contribution in [1.29, 1.82) is 0 Å². The second-order valence-corrected chi connectivity index (χ2v) is 2.61. The van der Waals surface area contributed by atoms with Crippen molar-refractivity contribution < 1.29 is 18.0 Å². The minimum absolute atomic E-state index is 0.289. The first-order valence-corrected chi connectivity index (χ1v) is 3.99. The first-order chi connectivity index (χ1) is 6.56. The van der Waals surface area contributed by atoms with E-state index in [9.17, 15) is 18.0 Å². The number of carbonyl (C=O) groups is 1. The van der Waals surface area contributed by atoms with Gasteiger partial charge < -0.3 is 5.32 Å². The fourth-order valence-electron chi connectivity index (χ4n) is 0.952. The number of benzene rings is 1. The van der Waals surface area contributed by atoms with Crippen LogP contribution in [0.2, 0.25) is 0 Å². The third kappa shape index (κ3) is 2.04. The Bertz CT molecular complexity index is 365. The molecule has 0 bridgehead atoms. The van der Waals surface area contributed by atoms with Gasteiger partial charge in [-0.15, -0.1) is 0 Å². The summed E-state index contributed by atoms with van der Waals surface area (Å²) in [5.74, 6) is -4.39. The molecular formula is C9H8F3NO. The van der Waals surface area contributed by atoms with Gasteiger partial charge in [0.05, 0.1) is 5.56 Å². The molecule has 0 saturated heterocycles. The molecule has 5 heteroatoms. The van der Waals surface area contributed by atoms with E-state index in [0.717, 1.165) is 0 Å². The van der Waals surface area contributed by atoms with Crippen LogP contribution in [0.15, 0.2) is 12.1 Å². The molecule has 1 N–H and O–H groups in total. The summed E-state index contributed by atoms with van der Waals surface area (Å²) in [6.07, 6.45) is 0. The van der Waals surface area contributed by atoms with E-state index < -0.39 is 28.9 Å². The third-order valence-electron chi connectivity index (χ3n) is 1.59. The molecule has 0 unspecified atom stereocenters. The summed E-state index contributed by atoms with van der Waals surface area (Å²) in [5.41, 5.74) is -0.495. The van der Waals surface area contributed by atoms with Crippen molar-refractivity contribution in [3.8, 4) is 0 Å². The summed E-state index contributed by atoms with van der Waals surface area (Å²) in [5, 5.41) is 2.28. The van der Waals surface area contributed by atoms with Gasteiger partial charge in [0.1, 0.15) is 5.82 Å². The van der Waals surface area contributed by atoms with Gasteiger partial charge in [-0.3, -0.25) is 4.79 Å². The van der Waals surface area contributed by atoms with Crippen LogP contribution in [0.25, 0.3) is 0 Å². The molecule has 1 aromatic carbocycles. The molecule has 1 rings (SSSR count). The maximum atomic E-state index is 12.9. The van der Waals surface area contributed by atoms with E-state index in [1.807, 2.05) is 0 Å². The predicted molar refractivity (Wildman–Crippen MR) is 44.3 cm³/mol. The Hall–Kier alpha value is -1.52. The van der Waals surface area contributed by atoms with Gasteiger partial charge in [-0.05, 0) is 13.0 Å². The number of amides is 1. The molecule has 0 saturated carbocycles. The lowest BCUT2D eigenvalue weighted by molar-refractivity contribution is 0.0951. The molecule has 2 nitrogen and oxygen atoms in total. The molecule has 0 fully saturated rings. The zero-order valence-corrected chi connectivity index (χ0v) is 7.40. The molecule has 1 aromatic rings. The Morgan fingerprint density at radius 1 is 1.21 bits per heavy atom. The average Bonchev–Trinajstić information content (AvgIpc) is 2.11. The van der Waals surface area contributed by atoms with Crippen LogP contribution in [-0.2, 0) is 0 Å². The molecule has 0 atom stereocenters. The molecule has 0 heterocycles. The topological polar surface area (TPSA) is 29.1 Å². The summed E-state index contributed by atoms with van der Waals surface area (Å²) in [6, 6.07) is 0.884. The highest BCUT2D eigenvalue weighted by Gasteiger charge is 2.15. The minimum Gasteiger partial charge on any atom is -0.352 e. The van der Waals surface area contributed by atoms with Crippen LogP contribution in [0.4, 0.5) is 13.2 Å². The van der Waals surface area contributed by atoms with E-state index in [-0.39, 0.29) is 6.54 Å². The SMILES string of the molecule is CCNC(=O)c1cc(F)c(F)cc1F. The fraction of sp³-hybridized carbons (Fsp3) is 0.222. The summed E-state index contributed by atoms with van der Waals surface area (Å²) < 4.78 is 38.0. The lowest BCUT2D eigenvalue weighted by atomic mass is 10.2. The molecule has 14 heavy (non-hydrogen) atoms. The lowest BCUT2D eigenvalue weighted by Crippen LogP contribution is -2.24.